The fraction of sp³-hybridized carbons (Fsp3) is 0.474. The van der Waals surface area contributed by atoms with Gasteiger partial charge in [0.2, 0.25) is 16.0 Å². The number of nitrogens with zero attached hydrogens (tertiary/aromatic N) is 3. The van der Waals surface area contributed by atoms with Crippen LogP contribution in [0.4, 0.5) is 16.2 Å². The van der Waals surface area contributed by atoms with Crippen molar-refractivity contribution >= 4 is 21.8 Å². The van der Waals surface area contributed by atoms with Gasteiger partial charge < -0.3 is 10.2 Å². The molecule has 0 spiro atoms. The van der Waals surface area contributed by atoms with E-state index < -0.39 is 15.8 Å². The van der Waals surface area contributed by atoms with Crippen LogP contribution >= 0.6 is 0 Å². The van der Waals surface area contributed by atoms with Gasteiger partial charge in [-0.05, 0) is 50.8 Å². The zero-order chi connectivity index (χ0) is 20.1. The van der Waals surface area contributed by atoms with Gasteiger partial charge in [0.05, 0.1) is 4.90 Å². The summed E-state index contributed by atoms with van der Waals surface area (Å²) in [6.45, 7) is 5.97. The van der Waals surface area contributed by atoms with Crippen molar-refractivity contribution in [1.29, 1.82) is 0 Å². The molecule has 2 aromatic rings. The lowest BCUT2D eigenvalue weighted by Crippen LogP contribution is -2.31. The van der Waals surface area contributed by atoms with Gasteiger partial charge in [0.25, 0.3) is 0 Å². The molecule has 1 aromatic heterocycles. The summed E-state index contributed by atoms with van der Waals surface area (Å²) in [6, 6.07) is 5.68. The molecule has 0 aliphatic carbocycles. The van der Waals surface area contributed by atoms with Crippen LogP contribution in [0, 0.1) is 19.7 Å². The van der Waals surface area contributed by atoms with Gasteiger partial charge in [-0.25, -0.2) is 22.5 Å². The Kier molecular flexibility index (Phi) is 6.46. The number of rotatable bonds is 7. The van der Waals surface area contributed by atoms with Gasteiger partial charge in [0, 0.05) is 37.9 Å². The Labute approximate surface area is 165 Å². The normalized spacial score (nSPS) is 14.9. The number of anilines is 2. The molecular formula is C19H26FN5O2S. The second-order valence-electron chi connectivity index (χ2n) is 6.97. The quantitative estimate of drug-likeness (QED) is 0.686. The molecule has 1 aromatic carbocycles. The van der Waals surface area contributed by atoms with Crippen molar-refractivity contribution in [3.63, 3.8) is 0 Å². The molecule has 7 nitrogen and oxygen atoms in total. The van der Waals surface area contributed by atoms with E-state index in [0.29, 0.717) is 18.1 Å². The van der Waals surface area contributed by atoms with Crippen molar-refractivity contribution in [2.45, 2.75) is 38.0 Å². The van der Waals surface area contributed by atoms with E-state index in [2.05, 4.69) is 24.9 Å². The molecule has 1 saturated heterocycles. The van der Waals surface area contributed by atoms with E-state index in [1.54, 1.807) is 6.92 Å². The molecule has 0 amide bonds. The predicted octanol–water partition coefficient (Wildman–Crippen LogP) is 2.61. The largest absolute Gasteiger partial charge is 0.356 e. The van der Waals surface area contributed by atoms with Crippen LogP contribution in [0.15, 0.2) is 29.2 Å². The molecule has 1 aliphatic rings. The van der Waals surface area contributed by atoms with Crippen LogP contribution in [-0.4, -0.2) is 44.6 Å². The Morgan fingerprint density at radius 1 is 1.07 bits per heavy atom. The minimum absolute atomic E-state index is 0.0494. The van der Waals surface area contributed by atoms with Crippen LogP contribution in [0.25, 0.3) is 0 Å². The first-order chi connectivity index (χ1) is 13.3. The second kappa shape index (κ2) is 8.83. The van der Waals surface area contributed by atoms with Crippen molar-refractivity contribution in [3.8, 4) is 0 Å². The maximum atomic E-state index is 13.4. The van der Waals surface area contributed by atoms with E-state index in [1.165, 1.54) is 18.6 Å². The smallest absolute Gasteiger partial charge is 0.240 e. The van der Waals surface area contributed by atoms with Crippen LogP contribution in [0.2, 0.25) is 0 Å². The number of piperidine rings is 1. The molecule has 0 atom stereocenters. The molecule has 0 unspecified atom stereocenters. The van der Waals surface area contributed by atoms with Gasteiger partial charge in [0.15, 0.2) is 0 Å². The standard InChI is InChI=1S/C19H26FN5O2S/c1-14-6-7-16(20)13-17(14)28(26,27)22-9-8-21-19-23-15(2)12-18(24-19)25-10-4-3-5-11-25/h6-7,12-13,22H,3-5,8-11H2,1-2H3,(H,21,23,24). The highest BCUT2D eigenvalue weighted by atomic mass is 32.2. The number of aromatic nitrogens is 2. The van der Waals surface area contributed by atoms with Gasteiger partial charge in [-0.2, -0.15) is 4.98 Å². The summed E-state index contributed by atoms with van der Waals surface area (Å²) >= 11 is 0. The fourth-order valence-electron chi connectivity index (χ4n) is 3.22. The van der Waals surface area contributed by atoms with Crippen LogP contribution in [0.3, 0.4) is 0 Å². The van der Waals surface area contributed by atoms with Gasteiger partial charge in [-0.3, -0.25) is 0 Å². The zero-order valence-electron chi connectivity index (χ0n) is 16.2. The number of hydrogen-bond acceptors (Lipinski definition) is 6. The Hall–Kier alpha value is -2.26. The molecular weight excluding hydrogens is 381 g/mol. The number of sulfonamides is 1. The second-order valence-corrected chi connectivity index (χ2v) is 8.71. The summed E-state index contributed by atoms with van der Waals surface area (Å²) in [7, 11) is -3.78. The van der Waals surface area contributed by atoms with Gasteiger partial charge in [-0.1, -0.05) is 6.07 Å². The van der Waals surface area contributed by atoms with Crippen molar-refractivity contribution in [2.75, 3.05) is 36.4 Å². The molecule has 1 fully saturated rings. The number of hydrogen-bond donors (Lipinski definition) is 2. The molecule has 0 radical (unpaired) electrons. The lowest BCUT2D eigenvalue weighted by molar-refractivity contribution is 0.573. The molecule has 152 valence electrons. The van der Waals surface area contributed by atoms with Crippen molar-refractivity contribution in [1.82, 2.24) is 14.7 Å². The van der Waals surface area contributed by atoms with Crippen LogP contribution in [-0.2, 0) is 10.0 Å². The van der Waals surface area contributed by atoms with Crippen LogP contribution < -0.4 is 14.9 Å². The summed E-state index contributed by atoms with van der Waals surface area (Å²) in [5, 5.41) is 3.07. The highest BCUT2D eigenvalue weighted by Crippen LogP contribution is 2.20. The molecule has 3 rings (SSSR count). The summed E-state index contributed by atoms with van der Waals surface area (Å²) in [5.41, 5.74) is 1.35. The summed E-state index contributed by atoms with van der Waals surface area (Å²) in [6.07, 6.45) is 3.57. The van der Waals surface area contributed by atoms with Crippen molar-refractivity contribution in [2.24, 2.45) is 0 Å². The average Bonchev–Trinajstić information content (AvgIpc) is 2.67. The first kappa shape index (κ1) is 20.5. The van der Waals surface area contributed by atoms with E-state index in [1.807, 2.05) is 13.0 Å². The number of halogens is 1. The molecule has 1 aliphatic heterocycles. The number of benzene rings is 1. The third-order valence-electron chi connectivity index (χ3n) is 4.66. The van der Waals surface area contributed by atoms with E-state index in [9.17, 15) is 12.8 Å². The van der Waals surface area contributed by atoms with E-state index in [-0.39, 0.29) is 11.4 Å². The summed E-state index contributed by atoms with van der Waals surface area (Å²) in [4.78, 5) is 11.1. The monoisotopic (exact) mass is 407 g/mol. The Balaban J connectivity index is 1.59. The minimum Gasteiger partial charge on any atom is -0.356 e. The third-order valence-corrected chi connectivity index (χ3v) is 6.26. The maximum Gasteiger partial charge on any atom is 0.240 e. The van der Waals surface area contributed by atoms with E-state index in [4.69, 9.17) is 0 Å². The van der Waals surface area contributed by atoms with Crippen LogP contribution in [0.5, 0.6) is 0 Å². The minimum atomic E-state index is -3.78. The summed E-state index contributed by atoms with van der Waals surface area (Å²) < 4.78 is 40.7. The van der Waals surface area contributed by atoms with E-state index in [0.717, 1.165) is 43.5 Å². The lowest BCUT2D eigenvalue weighted by atomic mass is 10.1. The SMILES string of the molecule is Cc1cc(N2CCCCC2)nc(NCCNS(=O)(=O)c2cc(F)ccc2C)n1. The molecule has 0 bridgehead atoms. The Morgan fingerprint density at radius 2 is 1.82 bits per heavy atom. The highest BCUT2D eigenvalue weighted by molar-refractivity contribution is 7.89. The molecule has 0 saturated carbocycles. The first-order valence-corrected chi connectivity index (χ1v) is 10.9. The Morgan fingerprint density at radius 3 is 2.57 bits per heavy atom. The van der Waals surface area contributed by atoms with Gasteiger partial charge >= 0.3 is 0 Å². The number of aryl methyl sites for hydroxylation is 2. The molecule has 2 heterocycles. The topological polar surface area (TPSA) is 87.2 Å². The first-order valence-electron chi connectivity index (χ1n) is 9.45. The van der Waals surface area contributed by atoms with Crippen molar-refractivity contribution < 1.29 is 12.8 Å². The lowest BCUT2D eigenvalue weighted by Gasteiger charge is -2.28. The summed E-state index contributed by atoms with van der Waals surface area (Å²) in [5.74, 6) is 0.787. The van der Waals surface area contributed by atoms with Gasteiger partial charge in [0.1, 0.15) is 11.6 Å². The molecule has 28 heavy (non-hydrogen) atoms. The van der Waals surface area contributed by atoms with Crippen LogP contribution in [0.1, 0.15) is 30.5 Å². The fourth-order valence-corrected chi connectivity index (χ4v) is 4.50. The Bertz CT molecular complexity index is 930. The molecule has 9 heteroatoms. The van der Waals surface area contributed by atoms with Crippen molar-refractivity contribution in [3.05, 3.63) is 41.3 Å². The average molecular weight is 408 g/mol. The maximum absolute atomic E-state index is 13.4. The number of nitrogens with one attached hydrogen (secondary N) is 2. The third kappa shape index (κ3) is 5.17. The highest BCUT2D eigenvalue weighted by Gasteiger charge is 2.17. The molecule has 2 N–H and O–H groups in total. The van der Waals surface area contributed by atoms with E-state index >= 15 is 0 Å². The van der Waals surface area contributed by atoms with Gasteiger partial charge in [-0.15, -0.1) is 0 Å². The zero-order valence-corrected chi connectivity index (χ0v) is 17.0. The predicted molar refractivity (Wildman–Crippen MR) is 108 cm³/mol.